The van der Waals surface area contributed by atoms with Gasteiger partial charge in [-0.15, -0.1) is 0 Å². The van der Waals surface area contributed by atoms with Gasteiger partial charge in [0.2, 0.25) is 0 Å². The van der Waals surface area contributed by atoms with E-state index in [0.717, 1.165) is 18.4 Å². The summed E-state index contributed by atoms with van der Waals surface area (Å²) in [4.78, 5) is 14.5. The molecule has 0 saturated heterocycles. The van der Waals surface area contributed by atoms with E-state index < -0.39 is 0 Å². The van der Waals surface area contributed by atoms with Crippen LogP contribution in [0.2, 0.25) is 0 Å². The van der Waals surface area contributed by atoms with Crippen molar-refractivity contribution in [2.75, 3.05) is 13.1 Å². The fourth-order valence-electron chi connectivity index (χ4n) is 3.46. The molecule has 0 fully saturated rings. The Hall–Kier alpha value is -1.15. The molecule has 0 amide bonds. The zero-order valence-electron chi connectivity index (χ0n) is 13.1. The quantitative estimate of drug-likeness (QED) is 0.733. The molecular formula is C18H27NO. The molecule has 0 N–H and O–H groups in total. The predicted octanol–water partition coefficient (Wildman–Crippen LogP) is 3.87. The first kappa shape index (κ1) is 15.2. The molecule has 0 saturated carbocycles. The van der Waals surface area contributed by atoms with E-state index >= 15 is 0 Å². The molecule has 0 radical (unpaired) electrons. The van der Waals surface area contributed by atoms with Crippen LogP contribution in [0, 0.1) is 0 Å². The number of hydrogen-bond acceptors (Lipinski definition) is 2. The number of nitrogens with zero attached hydrogens (tertiary/aromatic N) is 1. The van der Waals surface area contributed by atoms with Gasteiger partial charge in [-0.25, -0.2) is 0 Å². The number of Topliss-reactive ketones (excluding diaryl/α,β-unsaturated/α-hetero) is 1. The average molecular weight is 273 g/mol. The van der Waals surface area contributed by atoms with Gasteiger partial charge in [0.25, 0.3) is 0 Å². The fraction of sp³-hybridized carbons (Fsp3) is 0.611. The van der Waals surface area contributed by atoms with E-state index in [4.69, 9.17) is 0 Å². The van der Waals surface area contributed by atoms with Crippen LogP contribution in [0.3, 0.4) is 0 Å². The van der Waals surface area contributed by atoms with E-state index in [1.807, 2.05) is 12.1 Å². The number of ketones is 1. The summed E-state index contributed by atoms with van der Waals surface area (Å²) in [5, 5.41) is 0. The maximum Gasteiger partial charge on any atom is 0.160 e. The number of fused-ring (bicyclic) bond motifs is 1. The second-order valence-corrected chi connectivity index (χ2v) is 5.93. The number of aryl methyl sites for hydroxylation is 1. The van der Waals surface area contributed by atoms with Crippen molar-refractivity contribution < 1.29 is 4.79 Å². The lowest BCUT2D eigenvalue weighted by atomic mass is 9.83. The van der Waals surface area contributed by atoms with Crippen LogP contribution in [0.25, 0.3) is 0 Å². The number of hydrogen-bond donors (Lipinski definition) is 0. The highest BCUT2D eigenvalue weighted by molar-refractivity contribution is 5.96. The van der Waals surface area contributed by atoms with E-state index in [2.05, 4.69) is 24.8 Å². The molecule has 1 aliphatic carbocycles. The zero-order valence-corrected chi connectivity index (χ0v) is 13.1. The van der Waals surface area contributed by atoms with Crippen molar-refractivity contribution in [3.8, 4) is 0 Å². The monoisotopic (exact) mass is 273 g/mol. The first-order chi connectivity index (χ1) is 9.67. The summed E-state index contributed by atoms with van der Waals surface area (Å²) in [7, 11) is 0. The van der Waals surface area contributed by atoms with Gasteiger partial charge in [0, 0.05) is 11.6 Å². The van der Waals surface area contributed by atoms with Gasteiger partial charge in [0.1, 0.15) is 0 Å². The van der Waals surface area contributed by atoms with Gasteiger partial charge in [-0.05, 0) is 63.2 Å². The van der Waals surface area contributed by atoms with E-state index in [1.165, 1.54) is 43.5 Å². The Balaban J connectivity index is 2.22. The molecule has 20 heavy (non-hydrogen) atoms. The number of benzene rings is 1. The Labute approximate surface area is 123 Å². The van der Waals surface area contributed by atoms with Crippen molar-refractivity contribution in [1.82, 2.24) is 4.90 Å². The van der Waals surface area contributed by atoms with Crippen LogP contribution in [0.5, 0.6) is 0 Å². The van der Waals surface area contributed by atoms with Crippen molar-refractivity contribution in [2.45, 2.75) is 58.9 Å². The molecule has 1 atom stereocenters. The Morgan fingerprint density at radius 3 is 2.55 bits per heavy atom. The van der Waals surface area contributed by atoms with Gasteiger partial charge in [-0.3, -0.25) is 4.79 Å². The molecular weight excluding hydrogens is 246 g/mol. The zero-order chi connectivity index (χ0) is 14.5. The van der Waals surface area contributed by atoms with Crippen molar-refractivity contribution >= 4 is 5.78 Å². The molecule has 0 heterocycles. The third kappa shape index (κ3) is 3.29. The van der Waals surface area contributed by atoms with Gasteiger partial charge >= 0.3 is 0 Å². The van der Waals surface area contributed by atoms with Crippen LogP contribution in [-0.2, 0) is 12.8 Å². The molecule has 0 aromatic heterocycles. The molecule has 110 valence electrons. The summed E-state index contributed by atoms with van der Waals surface area (Å²) < 4.78 is 0. The SMILES string of the molecule is CCCN(CCC)C1CCc2cccc(C(C)=O)c2C1. The van der Waals surface area contributed by atoms with E-state index in [1.54, 1.807) is 6.92 Å². The molecule has 1 unspecified atom stereocenters. The molecule has 0 bridgehead atoms. The Morgan fingerprint density at radius 1 is 1.25 bits per heavy atom. The molecule has 0 aliphatic heterocycles. The minimum atomic E-state index is 0.208. The summed E-state index contributed by atoms with van der Waals surface area (Å²) in [5.41, 5.74) is 3.65. The average Bonchev–Trinajstić information content (AvgIpc) is 2.45. The Morgan fingerprint density at radius 2 is 1.95 bits per heavy atom. The summed E-state index contributed by atoms with van der Waals surface area (Å²) >= 11 is 0. The molecule has 2 rings (SSSR count). The minimum absolute atomic E-state index is 0.208. The molecule has 2 nitrogen and oxygen atoms in total. The van der Waals surface area contributed by atoms with Gasteiger partial charge in [-0.2, -0.15) is 0 Å². The second-order valence-electron chi connectivity index (χ2n) is 5.93. The van der Waals surface area contributed by atoms with Gasteiger partial charge < -0.3 is 4.90 Å². The van der Waals surface area contributed by atoms with Crippen molar-refractivity contribution in [2.24, 2.45) is 0 Å². The minimum Gasteiger partial charge on any atom is -0.300 e. The topological polar surface area (TPSA) is 20.3 Å². The normalized spacial score (nSPS) is 18.1. The van der Waals surface area contributed by atoms with Crippen LogP contribution in [-0.4, -0.2) is 29.8 Å². The van der Waals surface area contributed by atoms with Crippen molar-refractivity contribution in [3.63, 3.8) is 0 Å². The first-order valence-electron chi connectivity index (χ1n) is 8.03. The highest BCUT2D eigenvalue weighted by atomic mass is 16.1. The lowest BCUT2D eigenvalue weighted by Crippen LogP contribution is -2.40. The van der Waals surface area contributed by atoms with E-state index in [-0.39, 0.29) is 5.78 Å². The Bertz CT molecular complexity index is 460. The third-order valence-electron chi connectivity index (χ3n) is 4.38. The highest BCUT2D eigenvalue weighted by Crippen LogP contribution is 2.28. The number of carbonyl (C=O) groups excluding carboxylic acids is 1. The lowest BCUT2D eigenvalue weighted by Gasteiger charge is -2.35. The maximum atomic E-state index is 11.8. The fourth-order valence-corrected chi connectivity index (χ4v) is 3.46. The molecule has 1 aromatic carbocycles. The smallest absolute Gasteiger partial charge is 0.160 e. The molecule has 1 aliphatic rings. The van der Waals surface area contributed by atoms with E-state index in [0.29, 0.717) is 6.04 Å². The molecule has 2 heteroatoms. The van der Waals surface area contributed by atoms with E-state index in [9.17, 15) is 4.79 Å². The van der Waals surface area contributed by atoms with Crippen LogP contribution < -0.4 is 0 Å². The summed E-state index contributed by atoms with van der Waals surface area (Å²) in [6, 6.07) is 6.84. The number of rotatable bonds is 6. The van der Waals surface area contributed by atoms with Crippen molar-refractivity contribution in [1.29, 1.82) is 0 Å². The third-order valence-corrected chi connectivity index (χ3v) is 4.38. The van der Waals surface area contributed by atoms with Gasteiger partial charge in [0.05, 0.1) is 0 Å². The lowest BCUT2D eigenvalue weighted by molar-refractivity contribution is 0.101. The molecule has 0 spiro atoms. The first-order valence-corrected chi connectivity index (χ1v) is 8.03. The number of carbonyl (C=O) groups is 1. The summed E-state index contributed by atoms with van der Waals surface area (Å²) in [5.74, 6) is 0.208. The summed E-state index contributed by atoms with van der Waals surface area (Å²) in [6.45, 7) is 8.54. The predicted molar refractivity (Wildman–Crippen MR) is 84.4 cm³/mol. The maximum absolute atomic E-state index is 11.8. The van der Waals surface area contributed by atoms with Crippen LogP contribution in [0.15, 0.2) is 18.2 Å². The summed E-state index contributed by atoms with van der Waals surface area (Å²) in [6.07, 6.45) is 5.81. The van der Waals surface area contributed by atoms with Crippen LogP contribution in [0.1, 0.15) is 61.5 Å². The van der Waals surface area contributed by atoms with Crippen LogP contribution >= 0.6 is 0 Å². The second kappa shape index (κ2) is 7.03. The Kier molecular flexibility index (Phi) is 5.36. The van der Waals surface area contributed by atoms with Gasteiger partial charge in [0.15, 0.2) is 5.78 Å². The molecule has 1 aromatic rings. The van der Waals surface area contributed by atoms with Gasteiger partial charge in [-0.1, -0.05) is 32.0 Å². The highest BCUT2D eigenvalue weighted by Gasteiger charge is 2.25. The van der Waals surface area contributed by atoms with Crippen molar-refractivity contribution in [3.05, 3.63) is 34.9 Å². The van der Waals surface area contributed by atoms with Crippen LogP contribution in [0.4, 0.5) is 0 Å². The largest absolute Gasteiger partial charge is 0.300 e. The standard InChI is InChI=1S/C18H27NO/c1-4-11-19(12-5-2)16-10-9-15-7-6-8-17(14(3)20)18(15)13-16/h6-8,16H,4-5,9-13H2,1-3H3.